The number of carboxylic acids is 1. The molecule has 0 fully saturated rings. The number of rotatable bonds is 3. The number of para-hydroxylation sites is 1. The summed E-state index contributed by atoms with van der Waals surface area (Å²) in [5, 5.41) is 14.4. The molecule has 0 spiro atoms. The molecule has 0 atom stereocenters. The van der Waals surface area contributed by atoms with Gasteiger partial charge in [-0.05, 0) is 23.8 Å². The van der Waals surface area contributed by atoms with Crippen LogP contribution in [0.25, 0.3) is 10.9 Å². The van der Waals surface area contributed by atoms with E-state index in [1.807, 2.05) is 30.3 Å². The summed E-state index contributed by atoms with van der Waals surface area (Å²) in [5.41, 5.74) is 2.00. The maximum atomic E-state index is 11.3. The summed E-state index contributed by atoms with van der Waals surface area (Å²) < 4.78 is 2.74. The zero-order valence-corrected chi connectivity index (χ0v) is 12.0. The Bertz CT molecular complexity index is 778. The van der Waals surface area contributed by atoms with Gasteiger partial charge < -0.3 is 5.11 Å². The second kappa shape index (κ2) is 5.09. The number of aromatic nitrogens is 2. The fraction of sp³-hybridized carbons (Fsp3) is 0.0667. The third-order valence-electron chi connectivity index (χ3n) is 3.14. The van der Waals surface area contributed by atoms with Crippen LogP contribution < -0.4 is 0 Å². The highest BCUT2D eigenvalue weighted by molar-refractivity contribution is 9.10. The standard InChI is InChI=1S/C15H11BrN2O2/c16-12-6-4-10(5-7-12)9-18-14-11(8-17-18)2-1-3-13(14)15(19)20/h1-8H,9H2,(H,19,20). The van der Waals surface area contributed by atoms with Crippen LogP contribution in [0.5, 0.6) is 0 Å². The lowest BCUT2D eigenvalue weighted by atomic mass is 10.1. The Morgan fingerprint density at radius 1 is 1.20 bits per heavy atom. The molecule has 1 aromatic heterocycles. The van der Waals surface area contributed by atoms with Gasteiger partial charge in [0, 0.05) is 9.86 Å². The number of hydrogen-bond donors (Lipinski definition) is 1. The molecule has 100 valence electrons. The van der Waals surface area contributed by atoms with E-state index in [1.54, 1.807) is 23.0 Å². The number of hydrogen-bond acceptors (Lipinski definition) is 2. The zero-order chi connectivity index (χ0) is 14.1. The molecule has 0 amide bonds. The van der Waals surface area contributed by atoms with Gasteiger partial charge in [0.15, 0.2) is 0 Å². The summed E-state index contributed by atoms with van der Waals surface area (Å²) in [7, 11) is 0. The van der Waals surface area contributed by atoms with Crippen LogP contribution in [0.15, 0.2) is 53.1 Å². The lowest BCUT2D eigenvalue weighted by Gasteiger charge is -2.06. The molecule has 3 rings (SSSR count). The first kappa shape index (κ1) is 12.9. The van der Waals surface area contributed by atoms with E-state index in [4.69, 9.17) is 0 Å². The quantitative estimate of drug-likeness (QED) is 0.799. The molecular formula is C15H11BrN2O2. The van der Waals surface area contributed by atoms with Gasteiger partial charge in [-0.3, -0.25) is 4.68 Å². The van der Waals surface area contributed by atoms with Crippen LogP contribution >= 0.6 is 15.9 Å². The maximum Gasteiger partial charge on any atom is 0.337 e. The topological polar surface area (TPSA) is 55.1 Å². The molecule has 0 aliphatic carbocycles. The molecule has 0 unspecified atom stereocenters. The molecule has 0 saturated heterocycles. The van der Waals surface area contributed by atoms with Crippen molar-refractivity contribution in [1.82, 2.24) is 9.78 Å². The highest BCUT2D eigenvalue weighted by Gasteiger charge is 2.13. The summed E-state index contributed by atoms with van der Waals surface area (Å²) >= 11 is 3.39. The summed E-state index contributed by atoms with van der Waals surface area (Å²) in [6, 6.07) is 13.1. The number of carboxylic acid groups (broad SMARTS) is 1. The van der Waals surface area contributed by atoms with Crippen molar-refractivity contribution in [3.05, 3.63) is 64.3 Å². The Morgan fingerprint density at radius 3 is 2.65 bits per heavy atom. The van der Waals surface area contributed by atoms with Gasteiger partial charge in [0.2, 0.25) is 0 Å². The molecule has 4 nitrogen and oxygen atoms in total. The fourth-order valence-corrected chi connectivity index (χ4v) is 2.46. The average Bonchev–Trinajstić information content (AvgIpc) is 2.84. The Morgan fingerprint density at radius 2 is 1.95 bits per heavy atom. The summed E-state index contributed by atoms with van der Waals surface area (Å²) in [6.45, 7) is 0.543. The van der Waals surface area contributed by atoms with E-state index in [-0.39, 0.29) is 5.56 Å². The first-order valence-electron chi connectivity index (χ1n) is 6.07. The summed E-state index contributed by atoms with van der Waals surface area (Å²) in [6.07, 6.45) is 1.70. The molecular weight excluding hydrogens is 320 g/mol. The highest BCUT2D eigenvalue weighted by atomic mass is 79.9. The van der Waals surface area contributed by atoms with Gasteiger partial charge in [0.05, 0.1) is 23.8 Å². The molecule has 0 aliphatic rings. The van der Waals surface area contributed by atoms with E-state index in [1.165, 1.54) is 0 Å². The van der Waals surface area contributed by atoms with Crippen molar-refractivity contribution < 1.29 is 9.90 Å². The van der Waals surface area contributed by atoms with E-state index < -0.39 is 5.97 Å². The van der Waals surface area contributed by atoms with Crippen LogP contribution in [0.1, 0.15) is 15.9 Å². The van der Waals surface area contributed by atoms with E-state index in [2.05, 4.69) is 21.0 Å². The van der Waals surface area contributed by atoms with Crippen LogP contribution in [0.4, 0.5) is 0 Å². The molecule has 0 radical (unpaired) electrons. The van der Waals surface area contributed by atoms with E-state index in [9.17, 15) is 9.90 Å². The lowest BCUT2D eigenvalue weighted by Crippen LogP contribution is -2.06. The van der Waals surface area contributed by atoms with Crippen LogP contribution in [0.2, 0.25) is 0 Å². The van der Waals surface area contributed by atoms with Crippen molar-refractivity contribution in [1.29, 1.82) is 0 Å². The molecule has 0 aliphatic heterocycles. The third-order valence-corrected chi connectivity index (χ3v) is 3.67. The normalized spacial score (nSPS) is 10.8. The summed E-state index contributed by atoms with van der Waals surface area (Å²) in [5.74, 6) is -0.937. The number of fused-ring (bicyclic) bond motifs is 1. The number of nitrogens with zero attached hydrogens (tertiary/aromatic N) is 2. The highest BCUT2D eigenvalue weighted by Crippen LogP contribution is 2.20. The predicted octanol–water partition coefficient (Wildman–Crippen LogP) is 3.55. The predicted molar refractivity (Wildman–Crippen MR) is 79.9 cm³/mol. The van der Waals surface area contributed by atoms with Crippen molar-refractivity contribution in [3.63, 3.8) is 0 Å². The van der Waals surface area contributed by atoms with Crippen LogP contribution in [0, 0.1) is 0 Å². The smallest absolute Gasteiger partial charge is 0.337 e. The fourth-order valence-electron chi connectivity index (χ4n) is 2.20. The van der Waals surface area contributed by atoms with Gasteiger partial charge in [-0.1, -0.05) is 40.2 Å². The Kier molecular flexibility index (Phi) is 3.28. The second-order valence-electron chi connectivity index (χ2n) is 4.48. The molecule has 3 aromatic rings. The van der Waals surface area contributed by atoms with Crippen LogP contribution in [-0.4, -0.2) is 20.9 Å². The molecule has 0 saturated carbocycles. The molecule has 20 heavy (non-hydrogen) atoms. The SMILES string of the molecule is O=C(O)c1cccc2cnn(Cc3ccc(Br)cc3)c12. The number of carbonyl (C=O) groups is 1. The van der Waals surface area contributed by atoms with Gasteiger partial charge in [-0.2, -0.15) is 5.10 Å². The molecule has 1 heterocycles. The molecule has 2 aromatic carbocycles. The van der Waals surface area contributed by atoms with E-state index >= 15 is 0 Å². The van der Waals surface area contributed by atoms with Crippen molar-refractivity contribution in [3.8, 4) is 0 Å². The van der Waals surface area contributed by atoms with Gasteiger partial charge in [0.1, 0.15) is 0 Å². The Balaban J connectivity index is 2.07. The zero-order valence-electron chi connectivity index (χ0n) is 10.5. The van der Waals surface area contributed by atoms with Crippen molar-refractivity contribution in [2.24, 2.45) is 0 Å². The monoisotopic (exact) mass is 330 g/mol. The lowest BCUT2D eigenvalue weighted by molar-refractivity contribution is 0.0698. The first-order chi connectivity index (χ1) is 9.65. The van der Waals surface area contributed by atoms with E-state index in [0.717, 1.165) is 15.4 Å². The molecule has 5 heteroatoms. The first-order valence-corrected chi connectivity index (χ1v) is 6.87. The minimum atomic E-state index is -0.937. The Labute approximate surface area is 123 Å². The minimum absolute atomic E-state index is 0.275. The third kappa shape index (κ3) is 2.32. The molecule has 1 N–H and O–H groups in total. The number of benzene rings is 2. The maximum absolute atomic E-state index is 11.3. The second-order valence-corrected chi connectivity index (χ2v) is 5.39. The van der Waals surface area contributed by atoms with Gasteiger partial charge in [0.25, 0.3) is 0 Å². The van der Waals surface area contributed by atoms with Gasteiger partial charge in [-0.15, -0.1) is 0 Å². The average molecular weight is 331 g/mol. The van der Waals surface area contributed by atoms with Crippen molar-refractivity contribution >= 4 is 32.8 Å². The molecule has 0 bridgehead atoms. The van der Waals surface area contributed by atoms with Gasteiger partial charge in [-0.25, -0.2) is 4.79 Å². The Hall–Kier alpha value is -2.14. The van der Waals surface area contributed by atoms with Crippen LogP contribution in [-0.2, 0) is 6.54 Å². The largest absolute Gasteiger partial charge is 0.478 e. The minimum Gasteiger partial charge on any atom is -0.478 e. The van der Waals surface area contributed by atoms with E-state index in [0.29, 0.717) is 12.1 Å². The summed E-state index contributed by atoms with van der Waals surface area (Å²) in [4.78, 5) is 11.3. The number of halogens is 1. The number of aromatic carboxylic acids is 1. The van der Waals surface area contributed by atoms with Crippen molar-refractivity contribution in [2.75, 3.05) is 0 Å². The van der Waals surface area contributed by atoms with Gasteiger partial charge >= 0.3 is 5.97 Å². The van der Waals surface area contributed by atoms with Crippen LogP contribution in [0.3, 0.4) is 0 Å². The van der Waals surface area contributed by atoms with Crippen molar-refractivity contribution in [2.45, 2.75) is 6.54 Å².